The zero-order chi connectivity index (χ0) is 11.7. The molecule has 0 bridgehead atoms. The monoisotopic (exact) mass is 249 g/mol. The highest BCUT2D eigenvalue weighted by atomic mass is 32.1. The number of benzene rings is 1. The van der Waals surface area contributed by atoms with Crippen LogP contribution in [-0.2, 0) is 6.54 Å². The van der Waals surface area contributed by atoms with Gasteiger partial charge in [0.1, 0.15) is 11.6 Å². The van der Waals surface area contributed by atoms with Gasteiger partial charge < -0.3 is 15.2 Å². The molecule has 2 heterocycles. The van der Waals surface area contributed by atoms with Crippen molar-refractivity contribution in [1.82, 2.24) is 10.2 Å². The second-order valence-corrected chi connectivity index (χ2v) is 4.70. The molecule has 1 aliphatic rings. The van der Waals surface area contributed by atoms with E-state index >= 15 is 0 Å². The molecule has 2 aromatic rings. The summed E-state index contributed by atoms with van der Waals surface area (Å²) in [6, 6.07) is 7.60. The lowest BCUT2D eigenvalue weighted by Gasteiger charge is -2.24. The summed E-state index contributed by atoms with van der Waals surface area (Å²) in [5.74, 6) is 1.51. The Labute approximate surface area is 102 Å². The van der Waals surface area contributed by atoms with E-state index in [4.69, 9.17) is 15.2 Å². The summed E-state index contributed by atoms with van der Waals surface area (Å²) < 4.78 is 11.4. The van der Waals surface area contributed by atoms with Gasteiger partial charge in [0.15, 0.2) is 22.6 Å². The van der Waals surface area contributed by atoms with Crippen molar-refractivity contribution in [2.75, 3.05) is 6.61 Å². The Kier molecular flexibility index (Phi) is 2.66. The molecule has 1 unspecified atom stereocenters. The second kappa shape index (κ2) is 4.31. The Balaban J connectivity index is 1.84. The molecular weight excluding hydrogens is 238 g/mol. The van der Waals surface area contributed by atoms with Crippen molar-refractivity contribution in [3.05, 3.63) is 34.3 Å². The Morgan fingerprint density at radius 2 is 2.12 bits per heavy atom. The molecule has 5 nitrogen and oxygen atoms in total. The number of ether oxygens (including phenoxy) is 2. The third-order valence-electron chi connectivity index (χ3n) is 2.44. The molecule has 88 valence electrons. The van der Waals surface area contributed by atoms with E-state index < -0.39 is 0 Å². The molecule has 1 atom stereocenters. The van der Waals surface area contributed by atoms with Crippen LogP contribution in [0.15, 0.2) is 24.3 Å². The van der Waals surface area contributed by atoms with Gasteiger partial charge >= 0.3 is 0 Å². The largest absolute Gasteiger partial charge is 0.485 e. The smallest absolute Gasteiger partial charge is 0.186 e. The maximum atomic E-state index is 5.82. The number of rotatable bonds is 2. The minimum atomic E-state index is -0.192. The van der Waals surface area contributed by atoms with E-state index in [9.17, 15) is 0 Å². The lowest BCUT2D eigenvalue weighted by atomic mass is 10.3. The summed E-state index contributed by atoms with van der Waals surface area (Å²) in [7, 11) is 0. The molecule has 6 heteroatoms. The minimum Gasteiger partial charge on any atom is -0.485 e. The Bertz CT molecular complexity index is 529. The van der Waals surface area contributed by atoms with Gasteiger partial charge in [-0.3, -0.25) is 0 Å². The number of para-hydroxylation sites is 2. The highest BCUT2D eigenvalue weighted by Crippen LogP contribution is 2.36. The van der Waals surface area contributed by atoms with E-state index in [0.717, 1.165) is 21.5 Å². The summed E-state index contributed by atoms with van der Waals surface area (Å²) in [4.78, 5) is 0. The molecule has 1 aromatic carbocycles. The van der Waals surface area contributed by atoms with E-state index in [1.807, 2.05) is 24.3 Å². The predicted molar refractivity (Wildman–Crippen MR) is 63.1 cm³/mol. The van der Waals surface area contributed by atoms with E-state index in [1.54, 1.807) is 0 Å². The Morgan fingerprint density at radius 1 is 1.29 bits per heavy atom. The van der Waals surface area contributed by atoms with Crippen LogP contribution in [0.1, 0.15) is 16.1 Å². The first-order chi connectivity index (χ1) is 8.36. The molecule has 0 fully saturated rings. The van der Waals surface area contributed by atoms with Gasteiger partial charge in [-0.1, -0.05) is 23.5 Å². The van der Waals surface area contributed by atoms with Crippen LogP contribution in [0.25, 0.3) is 0 Å². The molecule has 1 aromatic heterocycles. The molecular formula is C11H11N3O2S. The molecule has 1 aliphatic heterocycles. The standard InChI is InChI=1S/C11H11N3O2S/c12-5-10-13-14-11(17-10)9-6-15-7-3-1-2-4-8(7)16-9/h1-4,9H,5-6,12H2. The van der Waals surface area contributed by atoms with Gasteiger partial charge in [-0.25, -0.2) is 0 Å². The summed E-state index contributed by atoms with van der Waals surface area (Å²) in [6.07, 6.45) is -0.192. The molecule has 0 saturated heterocycles. The van der Waals surface area contributed by atoms with Gasteiger partial charge in [-0.15, -0.1) is 10.2 Å². The lowest BCUT2D eigenvalue weighted by molar-refractivity contribution is 0.0906. The van der Waals surface area contributed by atoms with Gasteiger partial charge in [0, 0.05) is 6.54 Å². The van der Waals surface area contributed by atoms with Gasteiger partial charge in [-0.05, 0) is 12.1 Å². The van der Waals surface area contributed by atoms with Crippen molar-refractivity contribution >= 4 is 11.3 Å². The van der Waals surface area contributed by atoms with Crippen LogP contribution < -0.4 is 15.2 Å². The molecule has 0 saturated carbocycles. The molecule has 3 rings (SSSR count). The normalized spacial score (nSPS) is 18.1. The highest BCUT2D eigenvalue weighted by molar-refractivity contribution is 7.11. The molecule has 0 aliphatic carbocycles. The van der Waals surface area contributed by atoms with Gasteiger partial charge in [0.05, 0.1) is 0 Å². The third kappa shape index (κ3) is 1.96. The van der Waals surface area contributed by atoms with E-state index in [2.05, 4.69) is 10.2 Å². The van der Waals surface area contributed by atoms with Crippen molar-refractivity contribution in [1.29, 1.82) is 0 Å². The van der Waals surface area contributed by atoms with E-state index in [0.29, 0.717) is 13.2 Å². The van der Waals surface area contributed by atoms with Gasteiger partial charge in [0.2, 0.25) is 0 Å². The van der Waals surface area contributed by atoms with Gasteiger partial charge in [0.25, 0.3) is 0 Å². The zero-order valence-electron chi connectivity index (χ0n) is 9.00. The number of nitrogens with two attached hydrogens (primary N) is 1. The predicted octanol–water partition coefficient (Wildman–Crippen LogP) is 1.51. The van der Waals surface area contributed by atoms with Crippen molar-refractivity contribution in [3.8, 4) is 11.5 Å². The van der Waals surface area contributed by atoms with Gasteiger partial charge in [-0.2, -0.15) is 0 Å². The number of nitrogens with zero attached hydrogens (tertiary/aromatic N) is 2. The van der Waals surface area contributed by atoms with Crippen LogP contribution in [0.2, 0.25) is 0 Å². The van der Waals surface area contributed by atoms with Crippen LogP contribution in [0, 0.1) is 0 Å². The zero-order valence-corrected chi connectivity index (χ0v) is 9.81. The molecule has 0 spiro atoms. The maximum Gasteiger partial charge on any atom is 0.186 e. The molecule has 2 N–H and O–H groups in total. The fourth-order valence-electron chi connectivity index (χ4n) is 1.62. The van der Waals surface area contributed by atoms with Crippen molar-refractivity contribution < 1.29 is 9.47 Å². The van der Waals surface area contributed by atoms with Crippen molar-refractivity contribution in [3.63, 3.8) is 0 Å². The SMILES string of the molecule is NCc1nnc(C2COc3ccccc3O2)s1. The first-order valence-corrected chi connectivity index (χ1v) is 6.09. The second-order valence-electron chi connectivity index (χ2n) is 3.60. The average molecular weight is 249 g/mol. The summed E-state index contributed by atoms with van der Waals surface area (Å²) in [6.45, 7) is 0.859. The number of fused-ring (bicyclic) bond motifs is 1. The average Bonchev–Trinajstić information content (AvgIpc) is 2.87. The fraction of sp³-hybridized carbons (Fsp3) is 0.273. The van der Waals surface area contributed by atoms with E-state index in [-0.39, 0.29) is 6.10 Å². The molecule has 0 amide bonds. The van der Waals surface area contributed by atoms with Crippen molar-refractivity contribution in [2.45, 2.75) is 12.6 Å². The van der Waals surface area contributed by atoms with Crippen LogP contribution in [0.4, 0.5) is 0 Å². The number of hydrogen-bond donors (Lipinski definition) is 1. The van der Waals surface area contributed by atoms with Crippen LogP contribution in [-0.4, -0.2) is 16.8 Å². The first-order valence-electron chi connectivity index (χ1n) is 5.27. The summed E-state index contributed by atoms with van der Waals surface area (Å²) >= 11 is 1.46. The molecule has 0 radical (unpaired) electrons. The van der Waals surface area contributed by atoms with Crippen LogP contribution in [0.5, 0.6) is 11.5 Å². The van der Waals surface area contributed by atoms with Crippen molar-refractivity contribution in [2.24, 2.45) is 5.73 Å². The quantitative estimate of drug-likeness (QED) is 0.873. The Hall–Kier alpha value is -1.66. The Morgan fingerprint density at radius 3 is 2.88 bits per heavy atom. The number of aromatic nitrogens is 2. The lowest BCUT2D eigenvalue weighted by Crippen LogP contribution is -2.21. The van der Waals surface area contributed by atoms with Crippen LogP contribution >= 0.6 is 11.3 Å². The summed E-state index contributed by atoms with van der Waals surface area (Å²) in [5.41, 5.74) is 5.51. The van der Waals surface area contributed by atoms with Crippen LogP contribution in [0.3, 0.4) is 0 Å². The fourth-order valence-corrected chi connectivity index (χ4v) is 2.36. The maximum absolute atomic E-state index is 5.82. The molecule has 17 heavy (non-hydrogen) atoms. The third-order valence-corrected chi connectivity index (χ3v) is 3.48. The topological polar surface area (TPSA) is 70.3 Å². The first kappa shape index (κ1) is 10.5. The number of hydrogen-bond acceptors (Lipinski definition) is 6. The highest BCUT2D eigenvalue weighted by Gasteiger charge is 2.25. The summed E-state index contributed by atoms with van der Waals surface area (Å²) in [5, 5.41) is 9.65. The minimum absolute atomic E-state index is 0.192. The van der Waals surface area contributed by atoms with E-state index in [1.165, 1.54) is 11.3 Å².